The molecule has 1 heterocycles. The molecular weight excluding hydrogens is 228 g/mol. The highest BCUT2D eigenvalue weighted by Gasteiger charge is 2.27. The van der Waals surface area contributed by atoms with Crippen LogP contribution in [0.4, 0.5) is 0 Å². The van der Waals surface area contributed by atoms with Gasteiger partial charge in [0.2, 0.25) is 5.91 Å². The fraction of sp³-hybridized carbons (Fsp3) is 0.900. The predicted octanol–water partition coefficient (Wildman–Crippen LogP) is -0.711. The van der Waals surface area contributed by atoms with E-state index in [4.69, 9.17) is 0 Å². The Balaban J connectivity index is 1.59. The molecule has 0 bridgehead atoms. The number of hydrogen-bond acceptors (Lipinski definition) is 4. The number of amides is 1. The average Bonchev–Trinajstić information content (AvgIpc) is 2.91. The molecule has 0 aromatic rings. The molecule has 6 heteroatoms. The summed E-state index contributed by atoms with van der Waals surface area (Å²) in [5.74, 6) is 0.764. The Bertz CT molecular complexity index is 362. The first kappa shape index (κ1) is 11.9. The lowest BCUT2D eigenvalue weighted by molar-refractivity contribution is -0.120. The first-order chi connectivity index (χ1) is 7.55. The Labute approximate surface area is 95.9 Å². The van der Waals surface area contributed by atoms with Crippen molar-refractivity contribution in [3.05, 3.63) is 0 Å². The summed E-state index contributed by atoms with van der Waals surface area (Å²) in [7, 11) is -2.80. The molecule has 0 radical (unpaired) electrons. The third-order valence-electron chi connectivity index (χ3n) is 2.99. The van der Waals surface area contributed by atoms with Crippen molar-refractivity contribution >= 4 is 15.7 Å². The van der Waals surface area contributed by atoms with Gasteiger partial charge in [0.05, 0.1) is 18.1 Å². The van der Waals surface area contributed by atoms with Gasteiger partial charge in [0.1, 0.15) is 0 Å². The Morgan fingerprint density at radius 1 is 1.25 bits per heavy atom. The predicted molar refractivity (Wildman–Crippen MR) is 60.8 cm³/mol. The quantitative estimate of drug-likeness (QED) is 0.672. The van der Waals surface area contributed by atoms with Gasteiger partial charge in [-0.25, -0.2) is 8.42 Å². The van der Waals surface area contributed by atoms with Crippen LogP contribution in [-0.2, 0) is 14.6 Å². The molecule has 1 saturated heterocycles. The Morgan fingerprint density at radius 2 is 2.00 bits per heavy atom. The van der Waals surface area contributed by atoms with Gasteiger partial charge < -0.3 is 10.6 Å². The van der Waals surface area contributed by atoms with E-state index in [1.54, 1.807) is 0 Å². The molecule has 2 aliphatic rings. The molecule has 1 atom stereocenters. The summed E-state index contributed by atoms with van der Waals surface area (Å²) in [6.45, 7) is 0.921. The van der Waals surface area contributed by atoms with Gasteiger partial charge in [-0.3, -0.25) is 4.79 Å². The van der Waals surface area contributed by atoms with E-state index in [2.05, 4.69) is 10.6 Å². The van der Waals surface area contributed by atoms with Gasteiger partial charge in [0.25, 0.3) is 0 Å². The number of hydrogen-bond donors (Lipinski definition) is 2. The van der Waals surface area contributed by atoms with Crippen molar-refractivity contribution in [3.63, 3.8) is 0 Å². The third kappa shape index (κ3) is 3.75. The molecule has 2 rings (SSSR count). The van der Waals surface area contributed by atoms with Crippen LogP contribution in [0.15, 0.2) is 0 Å². The number of nitrogens with one attached hydrogen (secondary N) is 2. The van der Waals surface area contributed by atoms with E-state index in [9.17, 15) is 13.2 Å². The van der Waals surface area contributed by atoms with Crippen molar-refractivity contribution in [2.75, 3.05) is 24.6 Å². The minimum atomic E-state index is -2.80. The van der Waals surface area contributed by atoms with Crippen molar-refractivity contribution in [1.29, 1.82) is 0 Å². The van der Waals surface area contributed by atoms with E-state index in [0.29, 0.717) is 24.9 Å². The Hall–Kier alpha value is -0.620. The maximum atomic E-state index is 11.3. The van der Waals surface area contributed by atoms with Gasteiger partial charge >= 0.3 is 0 Å². The molecule has 2 N–H and O–H groups in total. The highest BCUT2D eigenvalue weighted by atomic mass is 32.2. The van der Waals surface area contributed by atoms with E-state index in [-0.39, 0.29) is 17.6 Å². The topological polar surface area (TPSA) is 75.3 Å². The zero-order valence-electron chi connectivity index (χ0n) is 9.24. The third-order valence-corrected chi connectivity index (χ3v) is 4.82. The lowest BCUT2D eigenvalue weighted by Gasteiger charge is -2.09. The van der Waals surface area contributed by atoms with Crippen LogP contribution in [0.1, 0.15) is 19.3 Å². The first-order valence-electron chi connectivity index (χ1n) is 5.76. The zero-order chi connectivity index (χ0) is 11.6. The van der Waals surface area contributed by atoms with Gasteiger partial charge in [-0.15, -0.1) is 0 Å². The summed E-state index contributed by atoms with van der Waals surface area (Å²) >= 11 is 0. The zero-order valence-corrected chi connectivity index (χ0v) is 10.1. The molecule has 0 spiro atoms. The fourth-order valence-electron chi connectivity index (χ4n) is 1.93. The molecule has 5 nitrogen and oxygen atoms in total. The maximum Gasteiger partial charge on any atom is 0.234 e. The van der Waals surface area contributed by atoms with Crippen molar-refractivity contribution in [2.24, 2.45) is 5.92 Å². The van der Waals surface area contributed by atoms with Gasteiger partial charge in [-0.1, -0.05) is 0 Å². The molecule has 16 heavy (non-hydrogen) atoms. The van der Waals surface area contributed by atoms with Gasteiger partial charge in [0.15, 0.2) is 9.84 Å². The minimum Gasteiger partial charge on any atom is -0.352 e. The smallest absolute Gasteiger partial charge is 0.234 e. The van der Waals surface area contributed by atoms with Crippen LogP contribution < -0.4 is 10.6 Å². The van der Waals surface area contributed by atoms with E-state index >= 15 is 0 Å². The Kier molecular flexibility index (Phi) is 3.49. The molecule has 2 fully saturated rings. The highest BCUT2D eigenvalue weighted by molar-refractivity contribution is 7.91. The van der Waals surface area contributed by atoms with Crippen molar-refractivity contribution in [3.8, 4) is 0 Å². The van der Waals surface area contributed by atoms with Gasteiger partial charge in [-0.2, -0.15) is 0 Å². The number of rotatable bonds is 5. The Morgan fingerprint density at radius 3 is 2.56 bits per heavy atom. The van der Waals surface area contributed by atoms with Gasteiger partial charge in [0, 0.05) is 6.04 Å². The largest absolute Gasteiger partial charge is 0.352 e. The summed E-state index contributed by atoms with van der Waals surface area (Å²) in [5, 5.41) is 5.90. The van der Waals surface area contributed by atoms with Crippen LogP contribution >= 0.6 is 0 Å². The van der Waals surface area contributed by atoms with Crippen LogP contribution in [0.3, 0.4) is 0 Å². The van der Waals surface area contributed by atoms with Gasteiger partial charge in [-0.05, 0) is 31.7 Å². The molecular formula is C10H18N2O3S. The molecule has 0 aromatic heterocycles. The van der Waals surface area contributed by atoms with E-state index in [0.717, 1.165) is 19.3 Å². The van der Waals surface area contributed by atoms with E-state index in [1.165, 1.54) is 0 Å². The van der Waals surface area contributed by atoms with E-state index in [1.807, 2.05) is 0 Å². The minimum absolute atomic E-state index is 0.0170. The van der Waals surface area contributed by atoms with Crippen molar-refractivity contribution < 1.29 is 13.2 Å². The normalized spacial score (nSPS) is 27.9. The lowest BCUT2D eigenvalue weighted by Crippen LogP contribution is -2.37. The molecule has 1 aliphatic heterocycles. The van der Waals surface area contributed by atoms with Crippen LogP contribution in [0.2, 0.25) is 0 Å². The average molecular weight is 246 g/mol. The second-order valence-electron chi connectivity index (χ2n) is 4.74. The number of carbonyl (C=O) groups excluding carboxylic acids is 1. The molecule has 1 saturated carbocycles. The highest BCUT2D eigenvalue weighted by Crippen LogP contribution is 2.18. The summed E-state index contributed by atoms with van der Waals surface area (Å²) in [5.41, 5.74) is 0. The summed E-state index contributed by atoms with van der Waals surface area (Å²) in [6.07, 6.45) is 2.90. The first-order valence-corrected chi connectivity index (χ1v) is 7.58. The summed E-state index contributed by atoms with van der Waals surface area (Å²) < 4.78 is 22.4. The second kappa shape index (κ2) is 4.71. The van der Waals surface area contributed by atoms with Crippen molar-refractivity contribution in [1.82, 2.24) is 10.6 Å². The maximum absolute atomic E-state index is 11.3. The van der Waals surface area contributed by atoms with Crippen LogP contribution in [0.25, 0.3) is 0 Å². The fourth-order valence-corrected chi connectivity index (χ4v) is 3.79. The van der Waals surface area contributed by atoms with Crippen LogP contribution in [0, 0.1) is 5.92 Å². The number of sulfone groups is 1. The molecule has 1 aliphatic carbocycles. The SMILES string of the molecule is O=C(CNCC1CCS(=O)(=O)C1)NC1CC1. The van der Waals surface area contributed by atoms with Crippen LogP contribution in [-0.4, -0.2) is 45.0 Å². The standard InChI is InChI=1S/C10H18N2O3S/c13-10(12-9-1-2-9)6-11-5-8-3-4-16(14,15)7-8/h8-9,11H,1-7H2,(H,12,13). The molecule has 1 unspecified atom stereocenters. The van der Waals surface area contributed by atoms with Crippen LogP contribution in [0.5, 0.6) is 0 Å². The molecule has 1 amide bonds. The summed E-state index contributed by atoms with van der Waals surface area (Å²) in [4.78, 5) is 11.3. The molecule has 0 aromatic carbocycles. The lowest BCUT2D eigenvalue weighted by atomic mass is 10.1. The number of carbonyl (C=O) groups is 1. The molecule has 92 valence electrons. The second-order valence-corrected chi connectivity index (χ2v) is 6.97. The van der Waals surface area contributed by atoms with E-state index < -0.39 is 9.84 Å². The summed E-state index contributed by atoms with van der Waals surface area (Å²) in [6, 6.07) is 0.390. The monoisotopic (exact) mass is 246 g/mol. The van der Waals surface area contributed by atoms with Crippen molar-refractivity contribution in [2.45, 2.75) is 25.3 Å².